The average Bonchev–Trinajstić information content (AvgIpc) is 2.64. The fourth-order valence-corrected chi connectivity index (χ4v) is 3.03. The van der Waals surface area contributed by atoms with Gasteiger partial charge in [-0.3, -0.25) is 0 Å². The van der Waals surface area contributed by atoms with E-state index >= 15 is 0 Å². The summed E-state index contributed by atoms with van der Waals surface area (Å²) in [6.45, 7) is 8.29. The first-order valence-corrected chi connectivity index (χ1v) is 7.49. The van der Waals surface area contributed by atoms with Crippen molar-refractivity contribution in [2.75, 3.05) is 32.5 Å². The Morgan fingerprint density at radius 2 is 1.95 bits per heavy atom. The third-order valence-electron chi connectivity index (χ3n) is 3.24. The number of fused-ring (bicyclic) bond motifs is 1. The van der Waals surface area contributed by atoms with Gasteiger partial charge in [-0.25, -0.2) is 9.97 Å². The van der Waals surface area contributed by atoms with Gasteiger partial charge >= 0.3 is 0 Å². The number of anilines is 1. The zero-order chi connectivity index (χ0) is 14.0. The molecule has 0 spiro atoms. The lowest BCUT2D eigenvalue weighted by Crippen LogP contribution is -2.21. The lowest BCUT2D eigenvalue weighted by molar-refractivity contribution is 0.425. The molecule has 0 saturated heterocycles. The number of nitrogens with one attached hydrogen (secondary N) is 1. The van der Waals surface area contributed by atoms with Crippen LogP contribution in [0, 0.1) is 13.8 Å². The van der Waals surface area contributed by atoms with Crippen LogP contribution >= 0.6 is 11.3 Å². The van der Waals surface area contributed by atoms with Gasteiger partial charge in [-0.1, -0.05) is 6.92 Å². The molecule has 2 rings (SSSR count). The number of aromatic nitrogens is 2. The monoisotopic (exact) mass is 278 g/mol. The molecule has 2 aromatic heterocycles. The van der Waals surface area contributed by atoms with E-state index in [0.717, 1.165) is 36.0 Å². The molecule has 0 atom stereocenters. The van der Waals surface area contributed by atoms with E-state index in [1.807, 2.05) is 0 Å². The third kappa shape index (κ3) is 3.04. The van der Waals surface area contributed by atoms with E-state index in [9.17, 15) is 0 Å². The molecule has 0 bridgehead atoms. The highest BCUT2D eigenvalue weighted by atomic mass is 32.1. The lowest BCUT2D eigenvalue weighted by Gasteiger charge is -2.12. The Bertz CT molecular complexity index is 574. The fraction of sp³-hybridized carbons (Fsp3) is 0.571. The second-order valence-corrected chi connectivity index (χ2v) is 6.24. The minimum Gasteiger partial charge on any atom is -0.368 e. The summed E-state index contributed by atoms with van der Waals surface area (Å²) in [6.07, 6.45) is 0.869. The molecule has 2 heterocycles. The van der Waals surface area contributed by atoms with Crippen molar-refractivity contribution < 1.29 is 0 Å². The Hall–Kier alpha value is -1.20. The predicted molar refractivity (Wildman–Crippen MR) is 83.3 cm³/mol. The van der Waals surface area contributed by atoms with Crippen molar-refractivity contribution in [3.8, 4) is 0 Å². The summed E-state index contributed by atoms with van der Waals surface area (Å²) in [7, 11) is 4.16. The number of rotatable bonds is 5. The van der Waals surface area contributed by atoms with Crippen molar-refractivity contribution in [2.24, 2.45) is 0 Å². The normalized spacial score (nSPS) is 11.5. The van der Waals surface area contributed by atoms with Gasteiger partial charge < -0.3 is 10.2 Å². The largest absolute Gasteiger partial charge is 0.368 e. The standard InChI is InChI=1S/C14H22N4S/c1-6-11-16-13(15-7-8-18(4)5)12-9(2)10(3)19-14(12)17-11/h6-8H2,1-5H3,(H,15,16,17). The SMILES string of the molecule is CCc1nc(NCCN(C)C)c2c(C)c(C)sc2n1. The molecule has 0 aromatic carbocycles. The van der Waals surface area contributed by atoms with E-state index in [0.29, 0.717) is 0 Å². The van der Waals surface area contributed by atoms with E-state index in [-0.39, 0.29) is 0 Å². The summed E-state index contributed by atoms with van der Waals surface area (Å²) in [5, 5.41) is 4.65. The molecule has 0 aliphatic heterocycles. The molecule has 0 fully saturated rings. The number of hydrogen-bond acceptors (Lipinski definition) is 5. The highest BCUT2D eigenvalue weighted by molar-refractivity contribution is 7.18. The molecular weight excluding hydrogens is 256 g/mol. The Morgan fingerprint density at radius 1 is 1.21 bits per heavy atom. The molecule has 0 amide bonds. The molecule has 2 aromatic rings. The highest BCUT2D eigenvalue weighted by Gasteiger charge is 2.13. The zero-order valence-electron chi connectivity index (χ0n) is 12.4. The van der Waals surface area contributed by atoms with Crippen LogP contribution in [0.15, 0.2) is 0 Å². The average molecular weight is 278 g/mol. The van der Waals surface area contributed by atoms with E-state index < -0.39 is 0 Å². The summed E-state index contributed by atoms with van der Waals surface area (Å²) in [5.74, 6) is 1.91. The van der Waals surface area contributed by atoms with E-state index in [2.05, 4.69) is 55.1 Å². The van der Waals surface area contributed by atoms with Gasteiger partial charge in [0.2, 0.25) is 0 Å². The van der Waals surface area contributed by atoms with Gasteiger partial charge in [-0.2, -0.15) is 0 Å². The molecule has 0 aliphatic rings. The molecule has 5 heteroatoms. The van der Waals surface area contributed by atoms with Crippen LogP contribution in [0.3, 0.4) is 0 Å². The third-order valence-corrected chi connectivity index (χ3v) is 4.34. The first-order valence-electron chi connectivity index (χ1n) is 6.68. The van der Waals surface area contributed by atoms with E-state index in [4.69, 9.17) is 0 Å². The van der Waals surface area contributed by atoms with Gasteiger partial charge in [0.1, 0.15) is 16.5 Å². The maximum Gasteiger partial charge on any atom is 0.138 e. The number of thiophene rings is 1. The van der Waals surface area contributed by atoms with Gasteiger partial charge in [0.05, 0.1) is 5.39 Å². The van der Waals surface area contributed by atoms with Crippen molar-refractivity contribution in [1.29, 1.82) is 0 Å². The Labute approximate surface area is 118 Å². The van der Waals surface area contributed by atoms with Crippen molar-refractivity contribution in [2.45, 2.75) is 27.2 Å². The molecular formula is C14H22N4S. The molecule has 19 heavy (non-hydrogen) atoms. The molecule has 1 N–H and O–H groups in total. The number of nitrogens with zero attached hydrogens (tertiary/aromatic N) is 3. The van der Waals surface area contributed by atoms with Crippen molar-refractivity contribution in [1.82, 2.24) is 14.9 Å². The van der Waals surface area contributed by atoms with Gasteiger partial charge in [0, 0.05) is 24.4 Å². The van der Waals surface area contributed by atoms with E-state index in [1.54, 1.807) is 11.3 Å². The fourth-order valence-electron chi connectivity index (χ4n) is 1.98. The summed E-state index contributed by atoms with van der Waals surface area (Å²) >= 11 is 1.76. The zero-order valence-corrected chi connectivity index (χ0v) is 13.2. The van der Waals surface area contributed by atoms with Gasteiger partial charge in [-0.05, 0) is 33.5 Å². The number of aryl methyl sites for hydroxylation is 3. The second kappa shape index (κ2) is 5.84. The van der Waals surface area contributed by atoms with Gasteiger partial charge in [-0.15, -0.1) is 11.3 Å². The minimum atomic E-state index is 0.869. The predicted octanol–water partition coefficient (Wildman–Crippen LogP) is 2.84. The first-order chi connectivity index (χ1) is 9.02. The van der Waals surface area contributed by atoms with Gasteiger partial charge in [0.25, 0.3) is 0 Å². The van der Waals surface area contributed by atoms with Crippen molar-refractivity contribution >= 4 is 27.4 Å². The van der Waals surface area contributed by atoms with Gasteiger partial charge in [0.15, 0.2) is 0 Å². The summed E-state index contributed by atoms with van der Waals surface area (Å²) in [6, 6.07) is 0. The summed E-state index contributed by atoms with van der Waals surface area (Å²) in [5.41, 5.74) is 1.30. The van der Waals surface area contributed by atoms with Crippen LogP contribution in [0.5, 0.6) is 0 Å². The van der Waals surface area contributed by atoms with E-state index in [1.165, 1.54) is 15.8 Å². The summed E-state index contributed by atoms with van der Waals surface area (Å²) in [4.78, 5) is 13.9. The quantitative estimate of drug-likeness (QED) is 0.913. The van der Waals surface area contributed by atoms with Crippen LogP contribution in [-0.2, 0) is 6.42 Å². The Morgan fingerprint density at radius 3 is 2.58 bits per heavy atom. The van der Waals surface area contributed by atoms with Crippen LogP contribution in [0.2, 0.25) is 0 Å². The van der Waals surface area contributed by atoms with Crippen molar-refractivity contribution in [3.63, 3.8) is 0 Å². The second-order valence-electron chi connectivity index (χ2n) is 5.04. The van der Waals surface area contributed by atoms with Crippen molar-refractivity contribution in [3.05, 3.63) is 16.3 Å². The van der Waals surface area contributed by atoms with Crippen LogP contribution in [0.1, 0.15) is 23.2 Å². The van der Waals surface area contributed by atoms with Crippen LogP contribution < -0.4 is 5.32 Å². The Kier molecular flexibility index (Phi) is 4.37. The van der Waals surface area contributed by atoms with Crippen LogP contribution in [0.4, 0.5) is 5.82 Å². The number of likely N-dealkylation sites (N-methyl/N-ethyl adjacent to an activating group) is 1. The minimum absolute atomic E-state index is 0.869. The molecule has 4 nitrogen and oxygen atoms in total. The highest BCUT2D eigenvalue weighted by Crippen LogP contribution is 2.33. The van der Waals surface area contributed by atoms with Crippen LogP contribution in [0.25, 0.3) is 10.2 Å². The first kappa shape index (κ1) is 14.2. The molecule has 0 aliphatic carbocycles. The summed E-state index contributed by atoms with van der Waals surface area (Å²) < 4.78 is 0. The maximum absolute atomic E-state index is 4.66. The molecule has 104 valence electrons. The topological polar surface area (TPSA) is 41.1 Å². The molecule has 0 radical (unpaired) electrons. The molecule has 0 unspecified atom stereocenters. The molecule has 0 saturated carbocycles. The smallest absolute Gasteiger partial charge is 0.138 e. The maximum atomic E-state index is 4.66. The Balaban J connectivity index is 2.38. The number of hydrogen-bond donors (Lipinski definition) is 1. The lowest BCUT2D eigenvalue weighted by atomic mass is 10.2. The van der Waals surface area contributed by atoms with Crippen LogP contribution in [-0.4, -0.2) is 42.1 Å².